The molecule has 27 heavy (non-hydrogen) atoms. The van der Waals surface area contributed by atoms with E-state index in [1.54, 1.807) is 6.07 Å². The number of carbonyl (C=O) groups is 2. The Morgan fingerprint density at radius 3 is 2.48 bits per heavy atom. The minimum Gasteiger partial charge on any atom is -0.369 e. The van der Waals surface area contributed by atoms with Gasteiger partial charge in [0.2, 0.25) is 11.8 Å². The van der Waals surface area contributed by atoms with Crippen molar-refractivity contribution in [1.29, 1.82) is 0 Å². The van der Waals surface area contributed by atoms with E-state index in [9.17, 15) is 18.4 Å². The quantitative estimate of drug-likeness (QED) is 0.817. The predicted molar refractivity (Wildman–Crippen MR) is 95.4 cm³/mol. The number of amides is 2. The lowest BCUT2D eigenvalue weighted by Gasteiger charge is -2.40. The molecule has 7 heteroatoms. The molecular formula is C20H25F2N3O2. The van der Waals surface area contributed by atoms with Gasteiger partial charge < -0.3 is 10.6 Å². The van der Waals surface area contributed by atoms with Crippen molar-refractivity contribution in [3.63, 3.8) is 0 Å². The zero-order valence-corrected chi connectivity index (χ0v) is 15.3. The van der Waals surface area contributed by atoms with Gasteiger partial charge in [-0.2, -0.15) is 0 Å². The molecule has 0 aromatic heterocycles. The summed E-state index contributed by atoms with van der Waals surface area (Å²) in [6.45, 7) is 3.60. The van der Waals surface area contributed by atoms with Gasteiger partial charge in [0.05, 0.1) is 0 Å². The summed E-state index contributed by atoms with van der Waals surface area (Å²) in [7, 11) is 0. The van der Waals surface area contributed by atoms with Gasteiger partial charge >= 0.3 is 0 Å². The molecule has 1 aliphatic carbocycles. The Balaban J connectivity index is 1.41. The third-order valence-electron chi connectivity index (χ3n) is 6.49. The highest BCUT2D eigenvalue weighted by atomic mass is 19.2. The summed E-state index contributed by atoms with van der Waals surface area (Å²) in [5.41, 5.74) is 5.26. The molecule has 1 saturated carbocycles. The number of piperidine rings is 1. The largest absolute Gasteiger partial charge is 0.369 e. The Bertz CT molecular complexity index is 780. The highest BCUT2D eigenvalue weighted by molar-refractivity contribution is 6.07. The van der Waals surface area contributed by atoms with Gasteiger partial charge in [-0.05, 0) is 56.3 Å². The van der Waals surface area contributed by atoms with Crippen molar-refractivity contribution < 1.29 is 18.4 Å². The molecule has 1 spiro atoms. The van der Waals surface area contributed by atoms with Gasteiger partial charge in [0.1, 0.15) is 5.41 Å². The summed E-state index contributed by atoms with van der Waals surface area (Å²) in [6.07, 6.45) is 4.07. The SMILES string of the molecule is NC(=O)C1(C(=O)N2CCC3(CCCN(Cc4ccc(F)c(F)c4)C3)C2)CC1. The fraction of sp³-hybridized carbons (Fsp3) is 0.600. The fourth-order valence-electron chi connectivity index (χ4n) is 4.78. The van der Waals surface area contributed by atoms with E-state index in [0.29, 0.717) is 32.5 Å². The molecule has 5 nitrogen and oxygen atoms in total. The summed E-state index contributed by atoms with van der Waals surface area (Å²) >= 11 is 0. The maximum atomic E-state index is 13.5. The number of likely N-dealkylation sites (tertiary alicyclic amines) is 2. The number of benzene rings is 1. The first-order valence-corrected chi connectivity index (χ1v) is 9.59. The number of carbonyl (C=O) groups excluding carboxylic acids is 2. The zero-order valence-electron chi connectivity index (χ0n) is 15.3. The monoisotopic (exact) mass is 377 g/mol. The minimum absolute atomic E-state index is 0.0141. The summed E-state index contributed by atoms with van der Waals surface area (Å²) in [6, 6.07) is 4.04. The topological polar surface area (TPSA) is 66.6 Å². The van der Waals surface area contributed by atoms with Gasteiger partial charge in [-0.15, -0.1) is 0 Å². The molecule has 2 heterocycles. The Hall–Kier alpha value is -2.02. The van der Waals surface area contributed by atoms with E-state index in [-0.39, 0.29) is 11.3 Å². The van der Waals surface area contributed by atoms with Crippen molar-refractivity contribution in [3.8, 4) is 0 Å². The summed E-state index contributed by atoms with van der Waals surface area (Å²) in [4.78, 5) is 28.5. The van der Waals surface area contributed by atoms with E-state index in [1.165, 1.54) is 12.1 Å². The number of halogens is 2. The second kappa shape index (κ2) is 6.55. The molecule has 2 N–H and O–H groups in total. The third-order valence-corrected chi connectivity index (χ3v) is 6.49. The number of hydrogen-bond acceptors (Lipinski definition) is 3. The minimum atomic E-state index is -0.953. The van der Waals surface area contributed by atoms with E-state index >= 15 is 0 Å². The molecule has 3 fully saturated rings. The van der Waals surface area contributed by atoms with Crippen molar-refractivity contribution >= 4 is 11.8 Å². The Morgan fingerprint density at radius 1 is 1.04 bits per heavy atom. The van der Waals surface area contributed by atoms with E-state index in [4.69, 9.17) is 5.73 Å². The van der Waals surface area contributed by atoms with Gasteiger partial charge in [0, 0.05) is 31.6 Å². The molecule has 4 rings (SSSR count). The predicted octanol–water partition coefficient (Wildman–Crippen LogP) is 2.04. The summed E-state index contributed by atoms with van der Waals surface area (Å²) in [5, 5.41) is 0. The van der Waals surface area contributed by atoms with Crippen LogP contribution in [0.25, 0.3) is 0 Å². The van der Waals surface area contributed by atoms with Crippen LogP contribution in [0.2, 0.25) is 0 Å². The van der Waals surface area contributed by atoms with Crippen molar-refractivity contribution in [2.24, 2.45) is 16.6 Å². The summed E-state index contributed by atoms with van der Waals surface area (Å²) in [5.74, 6) is -2.26. The molecule has 0 bridgehead atoms. The van der Waals surface area contributed by atoms with Crippen LogP contribution in [0.4, 0.5) is 8.78 Å². The van der Waals surface area contributed by atoms with Crippen molar-refractivity contribution in [2.45, 2.75) is 38.6 Å². The van der Waals surface area contributed by atoms with Crippen LogP contribution in [0.1, 0.15) is 37.7 Å². The van der Waals surface area contributed by atoms with Gasteiger partial charge in [0.25, 0.3) is 0 Å². The molecule has 2 aliphatic heterocycles. The van der Waals surface area contributed by atoms with Gasteiger partial charge in [-0.3, -0.25) is 14.5 Å². The highest BCUT2D eigenvalue weighted by Gasteiger charge is 2.58. The van der Waals surface area contributed by atoms with E-state index < -0.39 is 23.0 Å². The first-order chi connectivity index (χ1) is 12.8. The lowest BCUT2D eigenvalue weighted by atomic mass is 9.79. The van der Waals surface area contributed by atoms with Crippen LogP contribution in [0.5, 0.6) is 0 Å². The molecule has 2 saturated heterocycles. The summed E-state index contributed by atoms with van der Waals surface area (Å²) < 4.78 is 26.6. The molecule has 1 aromatic carbocycles. The third kappa shape index (κ3) is 3.33. The maximum Gasteiger partial charge on any atom is 0.238 e. The van der Waals surface area contributed by atoms with Crippen LogP contribution in [0, 0.1) is 22.5 Å². The average Bonchev–Trinajstić information content (AvgIpc) is 3.36. The number of rotatable bonds is 4. The lowest BCUT2D eigenvalue weighted by molar-refractivity contribution is -0.142. The van der Waals surface area contributed by atoms with Gasteiger partial charge in [-0.25, -0.2) is 8.78 Å². The van der Waals surface area contributed by atoms with Crippen LogP contribution < -0.4 is 5.73 Å². The average molecular weight is 377 g/mol. The number of hydrogen-bond donors (Lipinski definition) is 1. The van der Waals surface area contributed by atoms with Crippen LogP contribution in [0.15, 0.2) is 18.2 Å². The van der Waals surface area contributed by atoms with Crippen LogP contribution in [-0.4, -0.2) is 47.8 Å². The number of primary amides is 1. The highest BCUT2D eigenvalue weighted by Crippen LogP contribution is 2.49. The first kappa shape index (κ1) is 18.3. The van der Waals surface area contributed by atoms with Gasteiger partial charge in [-0.1, -0.05) is 6.07 Å². The number of nitrogens with zero attached hydrogens (tertiary/aromatic N) is 2. The Labute approximate surface area is 157 Å². The maximum absolute atomic E-state index is 13.5. The second-order valence-electron chi connectivity index (χ2n) is 8.49. The Morgan fingerprint density at radius 2 is 1.81 bits per heavy atom. The lowest BCUT2D eigenvalue weighted by Crippen LogP contribution is -2.47. The fourth-order valence-corrected chi connectivity index (χ4v) is 4.78. The first-order valence-electron chi connectivity index (χ1n) is 9.59. The second-order valence-corrected chi connectivity index (χ2v) is 8.49. The molecule has 1 aromatic rings. The normalized spacial score (nSPS) is 27.1. The van der Waals surface area contributed by atoms with Crippen molar-refractivity contribution in [3.05, 3.63) is 35.4 Å². The smallest absolute Gasteiger partial charge is 0.238 e. The van der Waals surface area contributed by atoms with Crippen molar-refractivity contribution in [2.75, 3.05) is 26.2 Å². The molecule has 1 unspecified atom stereocenters. The van der Waals surface area contributed by atoms with Crippen LogP contribution in [-0.2, 0) is 16.1 Å². The van der Waals surface area contributed by atoms with Gasteiger partial charge in [0.15, 0.2) is 11.6 Å². The number of nitrogens with two attached hydrogens (primary N) is 1. The van der Waals surface area contributed by atoms with E-state index in [0.717, 1.165) is 37.9 Å². The van der Waals surface area contributed by atoms with E-state index in [1.807, 2.05) is 4.90 Å². The molecule has 3 aliphatic rings. The Kier molecular flexibility index (Phi) is 4.45. The van der Waals surface area contributed by atoms with Crippen molar-refractivity contribution in [1.82, 2.24) is 9.80 Å². The van der Waals surface area contributed by atoms with E-state index in [2.05, 4.69) is 4.90 Å². The molecule has 146 valence electrons. The molecule has 2 amide bonds. The molecule has 0 radical (unpaired) electrons. The molecule has 1 atom stereocenters. The van der Waals surface area contributed by atoms with Crippen LogP contribution >= 0.6 is 0 Å². The molecular weight excluding hydrogens is 352 g/mol. The zero-order chi connectivity index (χ0) is 19.2. The van der Waals surface area contributed by atoms with Crippen LogP contribution in [0.3, 0.4) is 0 Å². The standard InChI is InChI=1S/C20H25F2N3O2/c21-15-3-2-14(10-16(15)22)11-24-8-1-4-19(12-24)7-9-25(13-19)18(27)20(5-6-20)17(23)26/h2-3,10H,1,4-9,11-13H2,(H2,23,26).